The molecule has 0 aliphatic carbocycles. The Labute approximate surface area is 153 Å². The van der Waals surface area contributed by atoms with Gasteiger partial charge in [-0.3, -0.25) is 0 Å². The monoisotopic (exact) mass is 352 g/mol. The van der Waals surface area contributed by atoms with Gasteiger partial charge < -0.3 is 10.2 Å². The van der Waals surface area contributed by atoms with E-state index in [4.69, 9.17) is 5.11 Å². The molecule has 0 saturated carbocycles. The largest absolute Gasteiger partial charge is 0.507 e. The van der Waals surface area contributed by atoms with E-state index in [0.717, 1.165) is 36.1 Å². The van der Waals surface area contributed by atoms with Crippen molar-refractivity contribution in [3.63, 3.8) is 0 Å². The highest BCUT2D eigenvalue weighted by Crippen LogP contribution is 2.42. The van der Waals surface area contributed by atoms with E-state index in [1.165, 1.54) is 4.90 Å². The molecule has 0 spiro atoms. The molecule has 3 heteroatoms. The zero-order valence-electron chi connectivity index (χ0n) is 16.6. The number of aliphatic hydroxyl groups is 1. The van der Waals surface area contributed by atoms with Crippen LogP contribution in [-0.2, 0) is 10.8 Å². The normalized spacial score (nSPS) is 14.0. The zero-order valence-corrected chi connectivity index (χ0v) is 17.4. The third-order valence-electron chi connectivity index (χ3n) is 4.61. The fraction of sp³-hybridized carbons (Fsp3) is 0.714. The van der Waals surface area contributed by atoms with Crippen LogP contribution >= 0.6 is 11.8 Å². The van der Waals surface area contributed by atoms with Crippen molar-refractivity contribution in [3.05, 3.63) is 23.3 Å². The highest BCUT2D eigenvalue weighted by Gasteiger charge is 2.26. The number of rotatable bonds is 7. The number of hydrogen-bond acceptors (Lipinski definition) is 3. The van der Waals surface area contributed by atoms with E-state index in [1.807, 2.05) is 11.8 Å². The van der Waals surface area contributed by atoms with Crippen molar-refractivity contribution in [1.82, 2.24) is 0 Å². The van der Waals surface area contributed by atoms with Crippen molar-refractivity contribution in [3.8, 4) is 5.75 Å². The van der Waals surface area contributed by atoms with Gasteiger partial charge in [-0.15, -0.1) is 11.8 Å². The molecule has 0 radical (unpaired) electrons. The first-order chi connectivity index (χ1) is 11.0. The van der Waals surface area contributed by atoms with Crippen LogP contribution in [0.1, 0.15) is 78.9 Å². The third kappa shape index (κ3) is 6.00. The zero-order chi connectivity index (χ0) is 18.5. The summed E-state index contributed by atoms with van der Waals surface area (Å²) >= 11 is 1.87. The van der Waals surface area contributed by atoms with Crippen molar-refractivity contribution in [2.45, 2.75) is 83.5 Å². The second-order valence-corrected chi connectivity index (χ2v) is 9.96. The lowest BCUT2D eigenvalue weighted by atomic mass is 9.79. The Bertz CT molecular complexity index is 489. The number of benzene rings is 1. The number of hydrogen-bond donors (Lipinski definition) is 2. The summed E-state index contributed by atoms with van der Waals surface area (Å²) in [7, 11) is 0. The minimum absolute atomic E-state index is 0.0799. The minimum atomic E-state index is -0.0799. The van der Waals surface area contributed by atoms with Gasteiger partial charge >= 0.3 is 0 Å². The topological polar surface area (TPSA) is 40.5 Å². The lowest BCUT2D eigenvalue weighted by Gasteiger charge is -2.28. The lowest BCUT2D eigenvalue weighted by molar-refractivity contribution is 0.252. The molecule has 0 aliphatic heterocycles. The maximum atomic E-state index is 10.8. The molecule has 0 saturated heterocycles. The molecular formula is C21H36O2S. The van der Waals surface area contributed by atoms with Crippen LogP contribution in [0.15, 0.2) is 17.0 Å². The van der Waals surface area contributed by atoms with Crippen molar-refractivity contribution in [2.24, 2.45) is 5.92 Å². The third-order valence-corrected chi connectivity index (χ3v) is 5.62. The van der Waals surface area contributed by atoms with E-state index in [-0.39, 0.29) is 17.4 Å². The second kappa shape index (κ2) is 8.62. The standard InChI is InChI=1S/C21H36O2S/c1-8-15(9-11-22)10-12-24-16-13-17(20(2,3)4)19(23)18(14-16)21(5,6)7/h13-15,22-23H,8-12H2,1-7H3. The summed E-state index contributed by atoms with van der Waals surface area (Å²) in [5.74, 6) is 2.10. The van der Waals surface area contributed by atoms with E-state index in [0.29, 0.717) is 11.7 Å². The molecule has 0 heterocycles. The first-order valence-corrected chi connectivity index (χ1v) is 10.1. The summed E-state index contributed by atoms with van der Waals surface area (Å²) < 4.78 is 0. The molecule has 1 rings (SSSR count). The number of thioether (sulfide) groups is 1. The van der Waals surface area contributed by atoms with Gasteiger partial charge in [0.25, 0.3) is 0 Å². The Morgan fingerprint density at radius 2 is 1.46 bits per heavy atom. The first-order valence-electron chi connectivity index (χ1n) is 9.12. The van der Waals surface area contributed by atoms with Crippen LogP contribution in [0, 0.1) is 5.92 Å². The van der Waals surface area contributed by atoms with Crippen LogP contribution in [0.25, 0.3) is 0 Å². The van der Waals surface area contributed by atoms with Crippen LogP contribution in [-0.4, -0.2) is 22.6 Å². The molecule has 138 valence electrons. The summed E-state index contributed by atoms with van der Waals surface area (Å²) in [6, 6.07) is 4.31. The molecule has 0 aromatic heterocycles. The molecule has 0 aliphatic rings. The lowest BCUT2D eigenvalue weighted by Crippen LogP contribution is -2.17. The van der Waals surface area contributed by atoms with E-state index >= 15 is 0 Å². The Morgan fingerprint density at radius 3 is 1.83 bits per heavy atom. The van der Waals surface area contributed by atoms with Gasteiger partial charge in [0.05, 0.1) is 0 Å². The minimum Gasteiger partial charge on any atom is -0.507 e. The summed E-state index contributed by atoms with van der Waals surface area (Å²) in [5, 5.41) is 19.9. The molecule has 2 N–H and O–H groups in total. The molecule has 0 amide bonds. The van der Waals surface area contributed by atoms with E-state index in [1.54, 1.807) is 0 Å². The van der Waals surface area contributed by atoms with Crippen LogP contribution in [0.2, 0.25) is 0 Å². The van der Waals surface area contributed by atoms with Crippen LogP contribution in [0.4, 0.5) is 0 Å². The average Bonchev–Trinajstić information content (AvgIpc) is 2.45. The number of phenolic OH excluding ortho intramolecular Hbond substituents is 1. The highest BCUT2D eigenvalue weighted by molar-refractivity contribution is 7.99. The number of phenols is 1. The fourth-order valence-corrected chi connectivity index (χ4v) is 4.00. The predicted octanol–water partition coefficient (Wildman–Crippen LogP) is 5.88. The quantitative estimate of drug-likeness (QED) is 0.602. The summed E-state index contributed by atoms with van der Waals surface area (Å²) in [6.45, 7) is 15.4. The molecule has 24 heavy (non-hydrogen) atoms. The molecule has 1 atom stereocenters. The van der Waals surface area contributed by atoms with Crippen molar-refractivity contribution in [1.29, 1.82) is 0 Å². The van der Waals surface area contributed by atoms with Gasteiger partial charge in [0, 0.05) is 22.6 Å². The van der Waals surface area contributed by atoms with Crippen LogP contribution in [0.5, 0.6) is 5.75 Å². The Hall–Kier alpha value is -0.670. The molecule has 1 unspecified atom stereocenters. The number of aliphatic hydroxyl groups excluding tert-OH is 1. The van der Waals surface area contributed by atoms with Gasteiger partial charge in [0.1, 0.15) is 5.75 Å². The molecule has 0 bridgehead atoms. The van der Waals surface area contributed by atoms with Crippen molar-refractivity contribution < 1.29 is 10.2 Å². The first kappa shape index (κ1) is 21.4. The predicted molar refractivity (Wildman–Crippen MR) is 106 cm³/mol. The van der Waals surface area contributed by atoms with Crippen LogP contribution in [0.3, 0.4) is 0 Å². The molecule has 1 aromatic carbocycles. The Balaban J connectivity index is 3.03. The van der Waals surface area contributed by atoms with E-state index in [2.05, 4.69) is 60.6 Å². The van der Waals surface area contributed by atoms with Gasteiger partial charge in [0.2, 0.25) is 0 Å². The number of aromatic hydroxyl groups is 1. The summed E-state index contributed by atoms with van der Waals surface area (Å²) in [6.07, 6.45) is 3.14. The molecular weight excluding hydrogens is 316 g/mol. The van der Waals surface area contributed by atoms with Crippen molar-refractivity contribution >= 4 is 11.8 Å². The van der Waals surface area contributed by atoms with Gasteiger partial charge in [-0.05, 0) is 47.5 Å². The highest BCUT2D eigenvalue weighted by atomic mass is 32.2. The average molecular weight is 353 g/mol. The van der Waals surface area contributed by atoms with E-state index < -0.39 is 0 Å². The van der Waals surface area contributed by atoms with E-state index in [9.17, 15) is 5.11 Å². The Kier molecular flexibility index (Phi) is 7.68. The fourth-order valence-electron chi connectivity index (χ4n) is 2.91. The van der Waals surface area contributed by atoms with Gasteiger partial charge in [0.15, 0.2) is 0 Å². The smallest absolute Gasteiger partial charge is 0.123 e. The molecule has 2 nitrogen and oxygen atoms in total. The van der Waals surface area contributed by atoms with Gasteiger partial charge in [-0.2, -0.15) is 0 Å². The van der Waals surface area contributed by atoms with Gasteiger partial charge in [-0.25, -0.2) is 0 Å². The Morgan fingerprint density at radius 1 is 0.958 bits per heavy atom. The van der Waals surface area contributed by atoms with Crippen LogP contribution < -0.4 is 0 Å². The maximum absolute atomic E-state index is 10.8. The van der Waals surface area contributed by atoms with Gasteiger partial charge in [-0.1, -0.05) is 54.9 Å². The van der Waals surface area contributed by atoms with Crippen molar-refractivity contribution in [2.75, 3.05) is 12.4 Å². The second-order valence-electron chi connectivity index (χ2n) is 8.79. The summed E-state index contributed by atoms with van der Waals surface area (Å²) in [5.41, 5.74) is 1.90. The molecule has 1 aromatic rings. The molecule has 0 fully saturated rings. The summed E-state index contributed by atoms with van der Waals surface area (Å²) in [4.78, 5) is 1.24. The SMILES string of the molecule is CCC(CCO)CCSc1cc(C(C)(C)C)c(O)c(C(C)(C)C)c1. The maximum Gasteiger partial charge on any atom is 0.123 e.